The molecule has 0 saturated carbocycles. The quantitative estimate of drug-likeness (QED) is 0.715. The van der Waals surface area contributed by atoms with Gasteiger partial charge in [0.05, 0.1) is 5.92 Å². The lowest BCUT2D eigenvalue weighted by molar-refractivity contribution is -0.135. The van der Waals surface area contributed by atoms with Gasteiger partial charge in [-0.2, -0.15) is 0 Å². The molecule has 6 heteroatoms. The van der Waals surface area contributed by atoms with Gasteiger partial charge in [0.25, 0.3) is 0 Å². The van der Waals surface area contributed by atoms with Crippen LogP contribution < -0.4 is 5.32 Å². The summed E-state index contributed by atoms with van der Waals surface area (Å²) in [4.78, 5) is 39.4. The van der Waals surface area contributed by atoms with E-state index in [1.165, 1.54) is 0 Å². The Labute approximate surface area is 138 Å². The molecular formula is C17H29N3O3. The fourth-order valence-electron chi connectivity index (χ4n) is 3.36. The summed E-state index contributed by atoms with van der Waals surface area (Å²) in [6.45, 7) is 5.50. The van der Waals surface area contributed by atoms with Crippen LogP contribution in [0.25, 0.3) is 0 Å². The molecule has 2 aliphatic heterocycles. The van der Waals surface area contributed by atoms with E-state index in [1.807, 2.05) is 16.7 Å². The molecule has 1 unspecified atom stereocenters. The lowest BCUT2D eigenvalue weighted by Gasteiger charge is -2.32. The van der Waals surface area contributed by atoms with Crippen LogP contribution in [0, 0.1) is 5.92 Å². The maximum atomic E-state index is 12.3. The predicted molar refractivity (Wildman–Crippen MR) is 87.7 cm³/mol. The van der Waals surface area contributed by atoms with Crippen molar-refractivity contribution in [2.45, 2.75) is 51.9 Å². The normalized spacial score (nSPS) is 21.6. The Morgan fingerprint density at radius 1 is 1.26 bits per heavy atom. The fraction of sp³-hybridized carbons (Fsp3) is 0.824. The molecule has 0 bridgehead atoms. The Hall–Kier alpha value is -1.59. The first-order valence-corrected chi connectivity index (χ1v) is 8.95. The van der Waals surface area contributed by atoms with Crippen LogP contribution in [-0.2, 0) is 14.4 Å². The topological polar surface area (TPSA) is 69.7 Å². The zero-order chi connectivity index (χ0) is 16.7. The van der Waals surface area contributed by atoms with Crippen LogP contribution in [0.15, 0.2) is 0 Å². The van der Waals surface area contributed by atoms with Gasteiger partial charge in [-0.25, -0.2) is 0 Å². The fourth-order valence-corrected chi connectivity index (χ4v) is 3.36. The average molecular weight is 323 g/mol. The van der Waals surface area contributed by atoms with Gasteiger partial charge in [-0.3, -0.25) is 14.4 Å². The van der Waals surface area contributed by atoms with Gasteiger partial charge in [0.1, 0.15) is 0 Å². The SMILES string of the molecule is CCCC(=O)N1CCCC(C(=O)NCCCN2CCCC2=O)C1. The van der Waals surface area contributed by atoms with Crippen molar-refractivity contribution in [1.82, 2.24) is 15.1 Å². The van der Waals surface area contributed by atoms with E-state index in [4.69, 9.17) is 0 Å². The van der Waals surface area contributed by atoms with Crippen molar-refractivity contribution in [3.8, 4) is 0 Å². The van der Waals surface area contributed by atoms with E-state index in [1.54, 1.807) is 0 Å². The lowest BCUT2D eigenvalue weighted by Crippen LogP contribution is -2.45. The average Bonchev–Trinajstić information content (AvgIpc) is 2.97. The molecule has 0 aromatic rings. The number of amides is 3. The van der Waals surface area contributed by atoms with Crippen molar-refractivity contribution in [3.05, 3.63) is 0 Å². The molecule has 2 saturated heterocycles. The maximum Gasteiger partial charge on any atom is 0.224 e. The summed E-state index contributed by atoms with van der Waals surface area (Å²) in [7, 11) is 0. The van der Waals surface area contributed by atoms with E-state index in [0.717, 1.165) is 51.7 Å². The van der Waals surface area contributed by atoms with Crippen molar-refractivity contribution in [2.75, 3.05) is 32.7 Å². The highest BCUT2D eigenvalue weighted by molar-refractivity contribution is 5.81. The monoisotopic (exact) mass is 323 g/mol. The summed E-state index contributed by atoms with van der Waals surface area (Å²) < 4.78 is 0. The minimum atomic E-state index is -0.0852. The number of carbonyl (C=O) groups excluding carboxylic acids is 3. The molecule has 2 aliphatic rings. The highest BCUT2D eigenvalue weighted by atomic mass is 16.2. The third-order valence-corrected chi connectivity index (χ3v) is 4.68. The molecular weight excluding hydrogens is 294 g/mol. The van der Waals surface area contributed by atoms with Gasteiger partial charge in [0.2, 0.25) is 17.7 Å². The van der Waals surface area contributed by atoms with Crippen molar-refractivity contribution < 1.29 is 14.4 Å². The third kappa shape index (κ3) is 5.22. The van der Waals surface area contributed by atoms with Crippen LogP contribution in [0.2, 0.25) is 0 Å². The number of nitrogens with one attached hydrogen (secondary N) is 1. The van der Waals surface area contributed by atoms with Gasteiger partial charge in [0.15, 0.2) is 0 Å². The Balaban J connectivity index is 1.66. The van der Waals surface area contributed by atoms with Crippen molar-refractivity contribution >= 4 is 17.7 Å². The largest absolute Gasteiger partial charge is 0.356 e. The number of hydrogen-bond donors (Lipinski definition) is 1. The highest BCUT2D eigenvalue weighted by Gasteiger charge is 2.27. The van der Waals surface area contributed by atoms with Crippen molar-refractivity contribution in [2.24, 2.45) is 5.92 Å². The molecule has 2 heterocycles. The minimum absolute atomic E-state index is 0.0479. The van der Waals surface area contributed by atoms with E-state index in [0.29, 0.717) is 25.9 Å². The molecule has 0 radical (unpaired) electrons. The number of carbonyl (C=O) groups is 3. The van der Waals surface area contributed by atoms with Crippen LogP contribution in [0.5, 0.6) is 0 Å². The van der Waals surface area contributed by atoms with E-state index in [2.05, 4.69) is 5.32 Å². The smallest absolute Gasteiger partial charge is 0.224 e. The predicted octanol–water partition coefficient (Wildman–Crippen LogP) is 1.15. The second-order valence-corrected chi connectivity index (χ2v) is 6.56. The van der Waals surface area contributed by atoms with Crippen molar-refractivity contribution in [1.29, 1.82) is 0 Å². The second kappa shape index (κ2) is 8.89. The van der Waals surface area contributed by atoms with Gasteiger partial charge in [-0.05, 0) is 32.1 Å². The summed E-state index contributed by atoms with van der Waals surface area (Å²) in [6.07, 6.45) is 5.58. The maximum absolute atomic E-state index is 12.3. The van der Waals surface area contributed by atoms with Crippen LogP contribution in [0.1, 0.15) is 51.9 Å². The number of nitrogens with zero attached hydrogens (tertiary/aromatic N) is 2. The Bertz CT molecular complexity index is 439. The molecule has 0 aromatic heterocycles. The lowest BCUT2D eigenvalue weighted by atomic mass is 9.96. The van der Waals surface area contributed by atoms with Crippen LogP contribution in [-0.4, -0.2) is 60.2 Å². The van der Waals surface area contributed by atoms with E-state index < -0.39 is 0 Å². The molecule has 2 fully saturated rings. The molecule has 130 valence electrons. The summed E-state index contributed by atoms with van der Waals surface area (Å²) >= 11 is 0. The molecule has 3 amide bonds. The molecule has 0 aliphatic carbocycles. The van der Waals surface area contributed by atoms with Gasteiger partial charge >= 0.3 is 0 Å². The number of likely N-dealkylation sites (tertiary alicyclic amines) is 2. The van der Waals surface area contributed by atoms with E-state index >= 15 is 0 Å². The summed E-state index contributed by atoms with van der Waals surface area (Å²) in [6, 6.07) is 0. The molecule has 1 atom stereocenters. The van der Waals surface area contributed by atoms with Crippen LogP contribution in [0.4, 0.5) is 0 Å². The Morgan fingerprint density at radius 2 is 2.09 bits per heavy atom. The first-order valence-electron chi connectivity index (χ1n) is 8.95. The second-order valence-electron chi connectivity index (χ2n) is 6.56. The Kier molecular flexibility index (Phi) is 6.86. The molecule has 0 spiro atoms. The number of piperidine rings is 1. The first-order chi connectivity index (χ1) is 11.1. The highest BCUT2D eigenvalue weighted by Crippen LogP contribution is 2.18. The van der Waals surface area contributed by atoms with Crippen LogP contribution >= 0.6 is 0 Å². The van der Waals surface area contributed by atoms with Crippen molar-refractivity contribution in [3.63, 3.8) is 0 Å². The summed E-state index contributed by atoms with van der Waals surface area (Å²) in [5.74, 6) is 0.357. The van der Waals surface area contributed by atoms with Gasteiger partial charge < -0.3 is 15.1 Å². The molecule has 2 rings (SSSR count). The van der Waals surface area contributed by atoms with Gasteiger partial charge in [-0.1, -0.05) is 6.92 Å². The van der Waals surface area contributed by atoms with Gasteiger partial charge in [0, 0.05) is 45.6 Å². The van der Waals surface area contributed by atoms with E-state index in [9.17, 15) is 14.4 Å². The molecule has 1 N–H and O–H groups in total. The third-order valence-electron chi connectivity index (χ3n) is 4.68. The van der Waals surface area contributed by atoms with Crippen LogP contribution in [0.3, 0.4) is 0 Å². The first kappa shape index (κ1) is 17.8. The van der Waals surface area contributed by atoms with E-state index in [-0.39, 0.29) is 23.6 Å². The molecule has 6 nitrogen and oxygen atoms in total. The van der Waals surface area contributed by atoms with Gasteiger partial charge in [-0.15, -0.1) is 0 Å². The number of rotatable bonds is 7. The molecule has 23 heavy (non-hydrogen) atoms. The Morgan fingerprint density at radius 3 is 2.78 bits per heavy atom. The summed E-state index contributed by atoms with van der Waals surface area (Å²) in [5, 5.41) is 2.97. The standard InChI is InChI=1S/C17H29N3O3/c1-2-6-15(21)20-11-3-7-14(13-20)17(23)18-9-5-12-19-10-4-8-16(19)22/h14H,2-13H2,1H3,(H,18,23). The zero-order valence-corrected chi connectivity index (χ0v) is 14.2. The minimum Gasteiger partial charge on any atom is -0.356 e. The molecule has 0 aromatic carbocycles. The summed E-state index contributed by atoms with van der Waals surface area (Å²) in [5.41, 5.74) is 0. The number of hydrogen-bond acceptors (Lipinski definition) is 3. The zero-order valence-electron chi connectivity index (χ0n) is 14.2.